The molecule has 32 heavy (non-hydrogen) atoms. The van der Waals surface area contributed by atoms with E-state index in [0.717, 1.165) is 18.5 Å². The lowest BCUT2D eigenvalue weighted by molar-refractivity contribution is -0.114. The number of amides is 2. The molecule has 3 N–H and O–H groups in total. The van der Waals surface area contributed by atoms with Crippen molar-refractivity contribution in [3.8, 4) is 5.75 Å². The summed E-state index contributed by atoms with van der Waals surface area (Å²) in [4.78, 5) is 29.5. The second kappa shape index (κ2) is 13.0. The van der Waals surface area contributed by atoms with Crippen LogP contribution in [0.1, 0.15) is 29.8 Å². The number of hydrogen-bond donors (Lipinski definition) is 3. The molecule has 0 saturated carbocycles. The minimum Gasteiger partial charge on any atom is -0.492 e. The van der Waals surface area contributed by atoms with Crippen molar-refractivity contribution in [2.75, 3.05) is 45.7 Å². The summed E-state index contributed by atoms with van der Waals surface area (Å²) in [6.07, 6.45) is 0.734. The van der Waals surface area contributed by atoms with E-state index >= 15 is 0 Å². The Labute approximate surface area is 190 Å². The molecule has 0 fully saturated rings. The van der Waals surface area contributed by atoms with Gasteiger partial charge in [-0.3, -0.25) is 14.6 Å². The minimum absolute atomic E-state index is 0.00651. The highest BCUT2D eigenvalue weighted by molar-refractivity contribution is 5.94. The van der Waals surface area contributed by atoms with Crippen LogP contribution in [0.15, 0.2) is 53.5 Å². The maximum atomic E-state index is 12.1. The first-order valence-electron chi connectivity index (χ1n) is 10.7. The fraction of sp³-hybridized carbons (Fsp3) is 0.375. The molecule has 0 unspecified atom stereocenters. The summed E-state index contributed by atoms with van der Waals surface area (Å²) in [6.45, 7) is 5.84. The smallest absolute Gasteiger partial charge is 0.253 e. The molecule has 8 heteroatoms. The van der Waals surface area contributed by atoms with Gasteiger partial charge in [0.15, 0.2) is 5.96 Å². The normalized spacial score (nSPS) is 10.9. The van der Waals surface area contributed by atoms with Gasteiger partial charge in [0.2, 0.25) is 5.91 Å². The van der Waals surface area contributed by atoms with Crippen LogP contribution in [0.4, 0.5) is 5.69 Å². The molecule has 0 atom stereocenters. The van der Waals surface area contributed by atoms with Gasteiger partial charge in [-0.2, -0.15) is 0 Å². The van der Waals surface area contributed by atoms with Gasteiger partial charge in [-0.25, -0.2) is 0 Å². The second-order valence-electron chi connectivity index (χ2n) is 7.39. The number of carbonyl (C=O) groups is 2. The van der Waals surface area contributed by atoms with Crippen molar-refractivity contribution in [3.63, 3.8) is 0 Å². The van der Waals surface area contributed by atoms with Crippen LogP contribution in [0, 0.1) is 0 Å². The Kier molecular flexibility index (Phi) is 10.0. The summed E-state index contributed by atoms with van der Waals surface area (Å²) in [5.41, 5.74) is 2.45. The average molecular weight is 440 g/mol. The van der Waals surface area contributed by atoms with Gasteiger partial charge in [0.1, 0.15) is 12.4 Å². The fourth-order valence-electron chi connectivity index (χ4n) is 2.96. The van der Waals surface area contributed by atoms with Crippen molar-refractivity contribution < 1.29 is 14.3 Å². The average Bonchev–Trinajstić information content (AvgIpc) is 2.76. The largest absolute Gasteiger partial charge is 0.492 e. The number of anilines is 1. The SMILES string of the molecule is CCNC(=NCCc1cccc(C(=O)N(C)C)c1)NCCOc1cccc(NC(C)=O)c1. The Balaban J connectivity index is 1.83. The molecule has 0 aliphatic carbocycles. The molecule has 0 aliphatic heterocycles. The van der Waals surface area contributed by atoms with Gasteiger partial charge in [0.25, 0.3) is 5.91 Å². The third-order valence-electron chi connectivity index (χ3n) is 4.41. The van der Waals surface area contributed by atoms with Crippen molar-refractivity contribution in [3.05, 3.63) is 59.7 Å². The molecule has 172 valence electrons. The molecule has 0 radical (unpaired) electrons. The maximum absolute atomic E-state index is 12.1. The van der Waals surface area contributed by atoms with Gasteiger partial charge in [-0.15, -0.1) is 0 Å². The van der Waals surface area contributed by atoms with Crippen molar-refractivity contribution >= 4 is 23.5 Å². The Morgan fingerprint density at radius 2 is 1.84 bits per heavy atom. The van der Waals surface area contributed by atoms with Crippen LogP contribution >= 0.6 is 0 Å². The van der Waals surface area contributed by atoms with Gasteiger partial charge < -0.3 is 25.6 Å². The lowest BCUT2D eigenvalue weighted by Crippen LogP contribution is -2.39. The predicted octanol–water partition coefficient (Wildman–Crippen LogP) is 2.52. The number of carbonyl (C=O) groups excluding carboxylic acids is 2. The van der Waals surface area contributed by atoms with E-state index in [0.29, 0.717) is 42.7 Å². The minimum atomic E-state index is -0.119. The van der Waals surface area contributed by atoms with Crippen LogP contribution in [-0.4, -0.2) is 63.0 Å². The van der Waals surface area contributed by atoms with E-state index in [1.54, 1.807) is 25.1 Å². The van der Waals surface area contributed by atoms with Crippen molar-refractivity contribution in [1.82, 2.24) is 15.5 Å². The van der Waals surface area contributed by atoms with Gasteiger partial charge >= 0.3 is 0 Å². The molecule has 0 bridgehead atoms. The highest BCUT2D eigenvalue weighted by Crippen LogP contribution is 2.17. The molecular weight excluding hydrogens is 406 g/mol. The topological polar surface area (TPSA) is 95.1 Å². The first-order chi connectivity index (χ1) is 15.4. The summed E-state index contributed by atoms with van der Waals surface area (Å²) >= 11 is 0. The molecule has 2 amide bonds. The molecule has 2 aromatic rings. The van der Waals surface area contributed by atoms with Crippen molar-refractivity contribution in [1.29, 1.82) is 0 Å². The number of nitrogens with one attached hydrogen (secondary N) is 3. The molecular formula is C24H33N5O3. The van der Waals surface area contributed by atoms with Crippen LogP contribution in [0.2, 0.25) is 0 Å². The fourth-order valence-corrected chi connectivity index (χ4v) is 2.96. The number of nitrogens with zero attached hydrogens (tertiary/aromatic N) is 2. The van der Waals surface area contributed by atoms with E-state index in [2.05, 4.69) is 20.9 Å². The molecule has 0 aromatic heterocycles. The number of aliphatic imine (C=N–C) groups is 1. The molecule has 2 rings (SSSR count). The zero-order valence-electron chi connectivity index (χ0n) is 19.3. The molecule has 0 saturated heterocycles. The second-order valence-corrected chi connectivity index (χ2v) is 7.39. The van der Waals surface area contributed by atoms with E-state index in [1.165, 1.54) is 6.92 Å². The van der Waals surface area contributed by atoms with Crippen molar-refractivity contribution in [2.24, 2.45) is 4.99 Å². The van der Waals surface area contributed by atoms with E-state index in [-0.39, 0.29) is 11.8 Å². The zero-order valence-corrected chi connectivity index (χ0v) is 19.3. The number of benzene rings is 2. The summed E-state index contributed by atoms with van der Waals surface area (Å²) < 4.78 is 5.75. The molecule has 0 aliphatic rings. The van der Waals surface area contributed by atoms with E-state index < -0.39 is 0 Å². The molecule has 0 spiro atoms. The quantitative estimate of drug-likeness (QED) is 0.300. The number of guanidine groups is 1. The lowest BCUT2D eigenvalue weighted by atomic mass is 10.1. The summed E-state index contributed by atoms with van der Waals surface area (Å²) in [6, 6.07) is 14.9. The van der Waals surface area contributed by atoms with Gasteiger partial charge in [-0.1, -0.05) is 18.2 Å². The highest BCUT2D eigenvalue weighted by atomic mass is 16.5. The molecule has 2 aromatic carbocycles. The van der Waals surface area contributed by atoms with E-state index in [1.807, 2.05) is 49.4 Å². The third-order valence-corrected chi connectivity index (χ3v) is 4.41. The van der Waals surface area contributed by atoms with Crippen LogP contribution in [0.25, 0.3) is 0 Å². The standard InChI is InChI=1S/C24H33N5O3/c1-5-25-24(26-13-12-19-8-6-9-20(16-19)23(31)29(3)4)27-14-15-32-22-11-7-10-21(17-22)28-18(2)30/h6-11,16-17H,5,12-15H2,1-4H3,(H,28,30)(H2,25,26,27). The van der Waals surface area contributed by atoms with E-state index in [4.69, 9.17) is 4.74 Å². The number of hydrogen-bond acceptors (Lipinski definition) is 4. The number of ether oxygens (including phenoxy) is 1. The Bertz CT molecular complexity index is 927. The van der Waals surface area contributed by atoms with Crippen LogP contribution in [0.3, 0.4) is 0 Å². The van der Waals surface area contributed by atoms with Gasteiger partial charge in [0.05, 0.1) is 6.54 Å². The Morgan fingerprint density at radius 1 is 1.06 bits per heavy atom. The first-order valence-corrected chi connectivity index (χ1v) is 10.7. The van der Waals surface area contributed by atoms with Crippen LogP contribution < -0.4 is 20.7 Å². The summed E-state index contributed by atoms with van der Waals surface area (Å²) in [5, 5.41) is 9.21. The first kappa shape index (κ1) is 24.7. The van der Waals surface area contributed by atoms with E-state index in [9.17, 15) is 9.59 Å². The summed E-state index contributed by atoms with van der Waals surface area (Å²) in [5.74, 6) is 1.27. The molecule has 8 nitrogen and oxygen atoms in total. The summed E-state index contributed by atoms with van der Waals surface area (Å²) in [7, 11) is 3.49. The highest BCUT2D eigenvalue weighted by Gasteiger charge is 2.08. The zero-order chi connectivity index (χ0) is 23.3. The number of rotatable bonds is 10. The maximum Gasteiger partial charge on any atom is 0.253 e. The molecule has 0 heterocycles. The Morgan fingerprint density at radius 3 is 2.56 bits per heavy atom. The predicted molar refractivity (Wildman–Crippen MR) is 128 cm³/mol. The monoisotopic (exact) mass is 439 g/mol. The van der Waals surface area contributed by atoms with Gasteiger partial charge in [0, 0.05) is 51.4 Å². The van der Waals surface area contributed by atoms with Crippen molar-refractivity contribution in [2.45, 2.75) is 20.3 Å². The van der Waals surface area contributed by atoms with Gasteiger partial charge in [-0.05, 0) is 43.2 Å². The van der Waals surface area contributed by atoms with Crippen LogP contribution in [0.5, 0.6) is 5.75 Å². The third kappa shape index (κ3) is 8.67. The Hall–Kier alpha value is -3.55. The van der Waals surface area contributed by atoms with Crippen LogP contribution in [-0.2, 0) is 11.2 Å². The lowest BCUT2D eigenvalue weighted by Gasteiger charge is -2.13.